The van der Waals surface area contributed by atoms with Crippen LogP contribution in [0.3, 0.4) is 0 Å². The molecule has 0 aliphatic heterocycles. The number of hydrogen-bond acceptors (Lipinski definition) is 4. The fourth-order valence-corrected chi connectivity index (χ4v) is 2.28. The van der Waals surface area contributed by atoms with Gasteiger partial charge in [0, 0.05) is 18.6 Å². The number of nitrogens with zero attached hydrogens (tertiary/aromatic N) is 1. The standard InChI is InChI=1S/C14H21N3O2/c1-14(2,15)8-10(16-3)9-5-6-11-12(7-9)19-13(18)17(11)4/h5-7,10,16H,8,15H2,1-4H3. The summed E-state index contributed by atoms with van der Waals surface area (Å²) < 4.78 is 6.71. The zero-order valence-electron chi connectivity index (χ0n) is 11.9. The smallest absolute Gasteiger partial charge is 0.408 e. The quantitative estimate of drug-likeness (QED) is 0.877. The molecule has 19 heavy (non-hydrogen) atoms. The molecule has 1 unspecified atom stereocenters. The highest BCUT2D eigenvalue weighted by molar-refractivity contribution is 5.73. The fraction of sp³-hybridized carbons (Fsp3) is 0.500. The lowest BCUT2D eigenvalue weighted by Crippen LogP contribution is -2.36. The molecule has 3 N–H and O–H groups in total. The Morgan fingerprint density at radius 3 is 2.74 bits per heavy atom. The van der Waals surface area contributed by atoms with Crippen molar-refractivity contribution in [2.75, 3.05) is 7.05 Å². The number of nitrogens with one attached hydrogen (secondary N) is 1. The van der Waals surface area contributed by atoms with E-state index >= 15 is 0 Å². The van der Waals surface area contributed by atoms with E-state index in [0.29, 0.717) is 5.58 Å². The van der Waals surface area contributed by atoms with Crippen molar-refractivity contribution < 1.29 is 4.42 Å². The Balaban J connectivity index is 2.41. The Labute approximate surface area is 112 Å². The monoisotopic (exact) mass is 263 g/mol. The molecule has 5 heteroatoms. The average Bonchev–Trinajstić information content (AvgIpc) is 2.60. The Morgan fingerprint density at radius 2 is 2.16 bits per heavy atom. The molecule has 2 aromatic rings. The van der Waals surface area contributed by atoms with Crippen LogP contribution in [0.1, 0.15) is 31.9 Å². The molecule has 0 radical (unpaired) electrons. The van der Waals surface area contributed by atoms with Crippen LogP contribution in [0.4, 0.5) is 0 Å². The van der Waals surface area contributed by atoms with E-state index in [9.17, 15) is 4.79 Å². The van der Waals surface area contributed by atoms with Gasteiger partial charge in [0.05, 0.1) is 5.52 Å². The minimum Gasteiger partial charge on any atom is -0.408 e. The third-order valence-electron chi connectivity index (χ3n) is 3.30. The first-order valence-corrected chi connectivity index (χ1v) is 6.37. The van der Waals surface area contributed by atoms with Crippen LogP contribution in [0.5, 0.6) is 0 Å². The predicted molar refractivity (Wildman–Crippen MR) is 76.1 cm³/mol. The lowest BCUT2D eigenvalue weighted by Gasteiger charge is -2.26. The van der Waals surface area contributed by atoms with Gasteiger partial charge in [0.25, 0.3) is 0 Å². The van der Waals surface area contributed by atoms with E-state index in [2.05, 4.69) is 5.32 Å². The fourth-order valence-electron chi connectivity index (χ4n) is 2.28. The first kappa shape index (κ1) is 13.8. The highest BCUT2D eigenvalue weighted by Gasteiger charge is 2.20. The molecule has 1 aromatic heterocycles. The molecule has 0 spiro atoms. The van der Waals surface area contributed by atoms with Crippen LogP contribution in [0, 0.1) is 0 Å². The molecular formula is C14H21N3O2. The van der Waals surface area contributed by atoms with Crippen LogP contribution in [0.25, 0.3) is 11.1 Å². The van der Waals surface area contributed by atoms with E-state index in [1.165, 1.54) is 4.57 Å². The van der Waals surface area contributed by atoms with Gasteiger partial charge in [-0.15, -0.1) is 0 Å². The molecule has 0 amide bonds. The molecule has 0 saturated heterocycles. The number of rotatable bonds is 4. The summed E-state index contributed by atoms with van der Waals surface area (Å²) in [6, 6.07) is 5.95. The van der Waals surface area contributed by atoms with Crippen molar-refractivity contribution in [1.82, 2.24) is 9.88 Å². The van der Waals surface area contributed by atoms with Crippen LogP contribution in [0.15, 0.2) is 27.4 Å². The van der Waals surface area contributed by atoms with Gasteiger partial charge in [-0.2, -0.15) is 0 Å². The predicted octanol–water partition coefficient (Wildman–Crippen LogP) is 1.52. The maximum atomic E-state index is 11.5. The summed E-state index contributed by atoms with van der Waals surface area (Å²) in [7, 11) is 3.61. The molecule has 0 bridgehead atoms. The minimum absolute atomic E-state index is 0.134. The number of oxazole rings is 1. The van der Waals surface area contributed by atoms with Gasteiger partial charge in [0.15, 0.2) is 5.58 Å². The lowest BCUT2D eigenvalue weighted by atomic mass is 9.92. The molecule has 0 aliphatic rings. The molecule has 5 nitrogen and oxygen atoms in total. The Morgan fingerprint density at radius 1 is 1.47 bits per heavy atom. The number of fused-ring (bicyclic) bond motifs is 1. The molecule has 104 valence electrons. The minimum atomic E-state index is -0.340. The van der Waals surface area contributed by atoms with Crippen molar-refractivity contribution >= 4 is 11.1 Å². The van der Waals surface area contributed by atoms with E-state index < -0.39 is 0 Å². The zero-order valence-corrected chi connectivity index (χ0v) is 11.9. The number of benzene rings is 1. The molecule has 1 aromatic carbocycles. The van der Waals surface area contributed by atoms with Gasteiger partial charge in [0.2, 0.25) is 0 Å². The van der Waals surface area contributed by atoms with E-state index in [-0.39, 0.29) is 17.3 Å². The largest absolute Gasteiger partial charge is 0.419 e. The van der Waals surface area contributed by atoms with Crippen LogP contribution < -0.4 is 16.8 Å². The number of nitrogens with two attached hydrogens (primary N) is 1. The van der Waals surface area contributed by atoms with Crippen molar-refractivity contribution in [2.45, 2.75) is 31.8 Å². The van der Waals surface area contributed by atoms with Gasteiger partial charge >= 0.3 is 5.76 Å². The molecule has 0 saturated carbocycles. The van der Waals surface area contributed by atoms with Gasteiger partial charge in [-0.25, -0.2) is 4.79 Å². The molecule has 2 rings (SSSR count). The van der Waals surface area contributed by atoms with Crippen molar-refractivity contribution in [3.63, 3.8) is 0 Å². The average molecular weight is 263 g/mol. The summed E-state index contributed by atoms with van der Waals surface area (Å²) in [5, 5.41) is 3.25. The molecule has 0 fully saturated rings. The van der Waals surface area contributed by atoms with Gasteiger partial charge < -0.3 is 15.5 Å². The van der Waals surface area contributed by atoms with Crippen molar-refractivity contribution in [3.05, 3.63) is 34.3 Å². The summed E-state index contributed by atoms with van der Waals surface area (Å²) in [5.41, 5.74) is 8.29. The molecule has 1 atom stereocenters. The summed E-state index contributed by atoms with van der Waals surface area (Å²) in [6.45, 7) is 4.00. The SMILES string of the molecule is CNC(CC(C)(C)N)c1ccc2c(c1)oc(=O)n2C. The normalized spacial score (nSPS) is 13.9. The Hall–Kier alpha value is -1.59. The van der Waals surface area contributed by atoms with Gasteiger partial charge in [-0.05, 0) is 45.0 Å². The second kappa shape index (κ2) is 4.83. The summed E-state index contributed by atoms with van der Waals surface area (Å²) >= 11 is 0. The number of aryl methyl sites for hydroxylation is 1. The first-order chi connectivity index (χ1) is 8.81. The van der Waals surface area contributed by atoms with Crippen molar-refractivity contribution in [2.24, 2.45) is 12.8 Å². The third kappa shape index (κ3) is 2.88. The van der Waals surface area contributed by atoms with Crippen molar-refractivity contribution in [1.29, 1.82) is 0 Å². The maximum absolute atomic E-state index is 11.5. The second-order valence-corrected chi connectivity index (χ2v) is 5.69. The zero-order chi connectivity index (χ0) is 14.2. The maximum Gasteiger partial charge on any atom is 0.419 e. The number of aromatic nitrogens is 1. The van der Waals surface area contributed by atoms with E-state index in [4.69, 9.17) is 10.2 Å². The highest BCUT2D eigenvalue weighted by atomic mass is 16.4. The van der Waals surface area contributed by atoms with Crippen LogP contribution >= 0.6 is 0 Å². The van der Waals surface area contributed by atoms with Crippen molar-refractivity contribution in [3.8, 4) is 0 Å². The lowest BCUT2D eigenvalue weighted by molar-refractivity contribution is 0.396. The molecule has 1 heterocycles. The van der Waals surface area contributed by atoms with E-state index in [1.54, 1.807) is 7.05 Å². The van der Waals surface area contributed by atoms with Gasteiger partial charge in [-0.3, -0.25) is 4.57 Å². The molecular weight excluding hydrogens is 242 g/mol. The second-order valence-electron chi connectivity index (χ2n) is 5.69. The topological polar surface area (TPSA) is 73.2 Å². The van der Waals surface area contributed by atoms with Gasteiger partial charge in [0.1, 0.15) is 0 Å². The Kier molecular flexibility index (Phi) is 3.52. The Bertz CT molecular complexity index is 634. The highest BCUT2D eigenvalue weighted by Crippen LogP contribution is 2.25. The van der Waals surface area contributed by atoms with E-state index in [1.807, 2.05) is 39.1 Å². The van der Waals surface area contributed by atoms with Crippen LogP contribution in [-0.4, -0.2) is 17.2 Å². The number of hydrogen-bond donors (Lipinski definition) is 2. The third-order valence-corrected chi connectivity index (χ3v) is 3.30. The van der Waals surface area contributed by atoms with E-state index in [0.717, 1.165) is 17.5 Å². The van der Waals surface area contributed by atoms with Gasteiger partial charge in [-0.1, -0.05) is 6.07 Å². The first-order valence-electron chi connectivity index (χ1n) is 6.37. The summed E-state index contributed by atoms with van der Waals surface area (Å²) in [4.78, 5) is 11.5. The summed E-state index contributed by atoms with van der Waals surface area (Å²) in [6.07, 6.45) is 0.798. The van der Waals surface area contributed by atoms with Crippen LogP contribution in [0.2, 0.25) is 0 Å². The van der Waals surface area contributed by atoms with Crippen LogP contribution in [-0.2, 0) is 7.05 Å². The molecule has 0 aliphatic carbocycles. The summed E-state index contributed by atoms with van der Waals surface area (Å²) in [5.74, 6) is -0.340.